The van der Waals surface area contributed by atoms with Crippen molar-refractivity contribution in [3.63, 3.8) is 0 Å². The zero-order valence-electron chi connectivity index (χ0n) is 13.0. The zero-order valence-corrected chi connectivity index (χ0v) is 13.0. The van der Waals surface area contributed by atoms with Gasteiger partial charge in [0.15, 0.2) is 0 Å². The van der Waals surface area contributed by atoms with Crippen molar-refractivity contribution >= 4 is 0 Å². The maximum Gasteiger partial charge on any atom is 0.148 e. The molecule has 2 aromatic rings. The molecule has 110 valence electrons. The molecule has 0 spiro atoms. The summed E-state index contributed by atoms with van der Waals surface area (Å²) in [6.45, 7) is 13.0. The standard InChI is InChI=1S/C14H24N6/c1-6-15-10(3)14-11(4)18-20(12(14)5)8-13-16-9-17-19(13)7-2/h9-10,15H,6-8H2,1-5H3. The van der Waals surface area contributed by atoms with Crippen molar-refractivity contribution < 1.29 is 0 Å². The fourth-order valence-electron chi connectivity index (χ4n) is 2.71. The summed E-state index contributed by atoms with van der Waals surface area (Å²) in [7, 11) is 0. The lowest BCUT2D eigenvalue weighted by Gasteiger charge is -2.13. The molecular weight excluding hydrogens is 252 g/mol. The molecule has 0 aliphatic heterocycles. The summed E-state index contributed by atoms with van der Waals surface area (Å²) in [6, 6.07) is 0.317. The fraction of sp³-hybridized carbons (Fsp3) is 0.643. The molecule has 20 heavy (non-hydrogen) atoms. The number of aromatic nitrogens is 5. The molecule has 2 aromatic heterocycles. The molecule has 0 aliphatic rings. The van der Waals surface area contributed by atoms with Crippen molar-refractivity contribution in [2.45, 2.75) is 53.8 Å². The summed E-state index contributed by atoms with van der Waals surface area (Å²) < 4.78 is 3.93. The first-order chi connectivity index (χ1) is 9.58. The van der Waals surface area contributed by atoms with E-state index in [-0.39, 0.29) is 0 Å². The second-order valence-electron chi connectivity index (χ2n) is 5.01. The molecule has 1 unspecified atom stereocenters. The summed E-state index contributed by atoms with van der Waals surface area (Å²) in [5, 5.41) is 12.3. The second kappa shape index (κ2) is 6.17. The van der Waals surface area contributed by atoms with Gasteiger partial charge in [-0.1, -0.05) is 6.92 Å². The minimum Gasteiger partial charge on any atom is -0.310 e. The highest BCUT2D eigenvalue weighted by Crippen LogP contribution is 2.21. The Bertz CT molecular complexity index is 568. The molecule has 0 saturated carbocycles. The van der Waals surface area contributed by atoms with Crippen molar-refractivity contribution in [3.8, 4) is 0 Å². The second-order valence-corrected chi connectivity index (χ2v) is 5.01. The first kappa shape index (κ1) is 14.7. The van der Waals surface area contributed by atoms with E-state index in [4.69, 9.17) is 0 Å². The Kier molecular flexibility index (Phi) is 4.54. The third-order valence-electron chi connectivity index (χ3n) is 3.67. The summed E-state index contributed by atoms with van der Waals surface area (Å²) in [5.74, 6) is 0.945. The van der Waals surface area contributed by atoms with Crippen molar-refractivity contribution in [3.05, 3.63) is 29.1 Å². The van der Waals surface area contributed by atoms with Gasteiger partial charge in [0.25, 0.3) is 0 Å². The van der Waals surface area contributed by atoms with Gasteiger partial charge >= 0.3 is 0 Å². The molecule has 2 heterocycles. The van der Waals surface area contributed by atoms with E-state index >= 15 is 0 Å². The van der Waals surface area contributed by atoms with E-state index in [1.807, 2.05) is 9.36 Å². The van der Waals surface area contributed by atoms with Gasteiger partial charge in [-0.2, -0.15) is 10.2 Å². The lowest BCUT2D eigenvalue weighted by Crippen LogP contribution is -2.19. The average molecular weight is 276 g/mol. The topological polar surface area (TPSA) is 60.6 Å². The van der Waals surface area contributed by atoms with Gasteiger partial charge in [-0.05, 0) is 34.2 Å². The van der Waals surface area contributed by atoms with E-state index in [0.29, 0.717) is 12.6 Å². The molecule has 0 fully saturated rings. The molecule has 0 saturated heterocycles. The normalized spacial score (nSPS) is 12.8. The molecule has 1 N–H and O–H groups in total. The minimum absolute atomic E-state index is 0.317. The SMILES string of the molecule is CCNC(C)c1c(C)nn(Cc2ncnn2CC)c1C. The molecule has 0 bridgehead atoms. The van der Waals surface area contributed by atoms with Crippen LogP contribution in [0.2, 0.25) is 0 Å². The first-order valence-corrected chi connectivity index (χ1v) is 7.22. The third kappa shape index (κ3) is 2.75. The molecule has 2 rings (SSSR count). The van der Waals surface area contributed by atoms with E-state index in [0.717, 1.165) is 24.6 Å². The van der Waals surface area contributed by atoms with Crippen LogP contribution in [-0.2, 0) is 13.1 Å². The Labute approximate surface area is 120 Å². The largest absolute Gasteiger partial charge is 0.310 e. The van der Waals surface area contributed by atoms with Crippen LogP contribution in [0.15, 0.2) is 6.33 Å². The van der Waals surface area contributed by atoms with Crippen LogP contribution in [0.3, 0.4) is 0 Å². The lowest BCUT2D eigenvalue weighted by molar-refractivity contribution is 0.555. The number of rotatable bonds is 6. The van der Waals surface area contributed by atoms with E-state index < -0.39 is 0 Å². The Morgan fingerprint density at radius 2 is 2.00 bits per heavy atom. The van der Waals surface area contributed by atoms with Crippen LogP contribution in [-0.4, -0.2) is 31.1 Å². The molecule has 0 amide bonds. The highest BCUT2D eigenvalue weighted by molar-refractivity contribution is 5.28. The van der Waals surface area contributed by atoms with Gasteiger partial charge in [-0.25, -0.2) is 9.67 Å². The molecule has 1 atom stereocenters. The quantitative estimate of drug-likeness (QED) is 0.874. The fourth-order valence-corrected chi connectivity index (χ4v) is 2.71. The van der Waals surface area contributed by atoms with Gasteiger partial charge in [-0.3, -0.25) is 4.68 Å². The molecule has 6 heteroatoms. The van der Waals surface area contributed by atoms with Gasteiger partial charge in [0.2, 0.25) is 0 Å². The van der Waals surface area contributed by atoms with Gasteiger partial charge in [-0.15, -0.1) is 0 Å². The summed E-state index contributed by atoms with van der Waals surface area (Å²) in [5.41, 5.74) is 3.56. The van der Waals surface area contributed by atoms with Gasteiger partial charge in [0, 0.05) is 23.8 Å². The predicted octanol–water partition coefficient (Wildman–Crippen LogP) is 1.83. The van der Waals surface area contributed by atoms with E-state index in [1.54, 1.807) is 6.33 Å². The van der Waals surface area contributed by atoms with Crippen molar-refractivity contribution in [2.75, 3.05) is 6.54 Å². The maximum absolute atomic E-state index is 4.66. The van der Waals surface area contributed by atoms with Gasteiger partial charge in [0.1, 0.15) is 18.7 Å². The molecule has 0 radical (unpaired) electrons. The van der Waals surface area contributed by atoms with E-state index in [1.165, 1.54) is 11.3 Å². The first-order valence-electron chi connectivity index (χ1n) is 7.22. The van der Waals surface area contributed by atoms with E-state index in [2.05, 4.69) is 55.1 Å². The van der Waals surface area contributed by atoms with Crippen molar-refractivity contribution in [1.82, 2.24) is 29.9 Å². The highest BCUT2D eigenvalue weighted by atomic mass is 15.4. The van der Waals surface area contributed by atoms with Crippen molar-refractivity contribution in [1.29, 1.82) is 0 Å². The van der Waals surface area contributed by atoms with Crippen LogP contribution in [0.1, 0.15) is 49.6 Å². The Morgan fingerprint density at radius 3 is 2.65 bits per heavy atom. The Balaban J connectivity index is 2.28. The monoisotopic (exact) mass is 276 g/mol. The van der Waals surface area contributed by atoms with Crippen LogP contribution in [0.25, 0.3) is 0 Å². The van der Waals surface area contributed by atoms with Crippen LogP contribution in [0, 0.1) is 13.8 Å². The maximum atomic E-state index is 4.66. The number of hydrogen-bond acceptors (Lipinski definition) is 4. The minimum atomic E-state index is 0.317. The molecule has 0 aromatic carbocycles. The predicted molar refractivity (Wildman–Crippen MR) is 78.6 cm³/mol. The van der Waals surface area contributed by atoms with Crippen LogP contribution >= 0.6 is 0 Å². The van der Waals surface area contributed by atoms with Gasteiger partial charge in [0.05, 0.1) is 5.69 Å². The number of hydrogen-bond donors (Lipinski definition) is 1. The van der Waals surface area contributed by atoms with Gasteiger partial charge < -0.3 is 5.32 Å². The van der Waals surface area contributed by atoms with Crippen LogP contribution in [0.5, 0.6) is 0 Å². The highest BCUT2D eigenvalue weighted by Gasteiger charge is 2.17. The smallest absolute Gasteiger partial charge is 0.148 e. The number of nitrogens with one attached hydrogen (secondary N) is 1. The summed E-state index contributed by atoms with van der Waals surface area (Å²) >= 11 is 0. The van der Waals surface area contributed by atoms with Crippen LogP contribution in [0.4, 0.5) is 0 Å². The summed E-state index contributed by atoms with van der Waals surface area (Å²) in [4.78, 5) is 4.32. The van der Waals surface area contributed by atoms with Crippen molar-refractivity contribution in [2.24, 2.45) is 0 Å². The number of nitrogens with zero attached hydrogens (tertiary/aromatic N) is 5. The lowest BCUT2D eigenvalue weighted by atomic mass is 10.1. The Morgan fingerprint density at radius 1 is 1.25 bits per heavy atom. The molecule has 6 nitrogen and oxygen atoms in total. The Hall–Kier alpha value is -1.69. The van der Waals surface area contributed by atoms with E-state index in [9.17, 15) is 0 Å². The molecular formula is C14H24N6. The van der Waals surface area contributed by atoms with Crippen LogP contribution < -0.4 is 5.32 Å². The summed E-state index contributed by atoms with van der Waals surface area (Å²) in [6.07, 6.45) is 1.60. The zero-order chi connectivity index (χ0) is 14.7. The molecule has 0 aliphatic carbocycles. The number of aryl methyl sites for hydroxylation is 2. The third-order valence-corrected chi connectivity index (χ3v) is 3.67. The average Bonchev–Trinajstić information content (AvgIpc) is 2.95.